The second-order valence-corrected chi connectivity index (χ2v) is 8.54. The molecule has 31 heavy (non-hydrogen) atoms. The predicted molar refractivity (Wildman–Crippen MR) is 112 cm³/mol. The van der Waals surface area contributed by atoms with Crippen molar-refractivity contribution in [3.8, 4) is 11.3 Å². The van der Waals surface area contributed by atoms with Crippen LogP contribution in [0.2, 0.25) is 5.02 Å². The number of nitrogens with zero attached hydrogens (tertiary/aromatic N) is 2. The highest BCUT2D eigenvalue weighted by atomic mass is 35.5. The molecule has 0 saturated heterocycles. The highest BCUT2D eigenvalue weighted by Crippen LogP contribution is 2.25. The zero-order valence-electron chi connectivity index (χ0n) is 16.3. The number of hydrogen-bond acceptors (Lipinski definition) is 8. The van der Waals surface area contributed by atoms with Gasteiger partial charge < -0.3 is 5.11 Å². The van der Waals surface area contributed by atoms with Crippen molar-refractivity contribution in [3.63, 3.8) is 0 Å². The third-order valence-corrected chi connectivity index (χ3v) is 4.97. The van der Waals surface area contributed by atoms with Gasteiger partial charge in [0, 0.05) is 23.0 Å². The van der Waals surface area contributed by atoms with Gasteiger partial charge in [0.1, 0.15) is 5.56 Å². The van der Waals surface area contributed by atoms with Gasteiger partial charge in [0.2, 0.25) is 15.0 Å². The van der Waals surface area contributed by atoms with Crippen molar-refractivity contribution in [1.29, 1.82) is 0 Å². The van der Waals surface area contributed by atoms with Gasteiger partial charge in [-0.25, -0.2) is 28.0 Å². The Bertz CT molecular complexity index is 1230. The summed E-state index contributed by atoms with van der Waals surface area (Å²) in [7, 11) is -3.60. The highest BCUT2D eigenvalue weighted by Gasteiger charge is 2.20. The average Bonchev–Trinajstić information content (AvgIpc) is 2.73. The normalized spacial score (nSPS) is 10.6. The molecule has 1 aromatic heterocycles. The van der Waals surface area contributed by atoms with Gasteiger partial charge in [0.25, 0.3) is 0 Å². The summed E-state index contributed by atoms with van der Waals surface area (Å²) in [6.45, 7) is 1.79. The summed E-state index contributed by atoms with van der Waals surface area (Å²) in [5.41, 5.74) is 1.56. The summed E-state index contributed by atoms with van der Waals surface area (Å²) in [5, 5.41) is 17.2. The van der Waals surface area contributed by atoms with Crippen molar-refractivity contribution < 1.29 is 33.3 Å². The van der Waals surface area contributed by atoms with Gasteiger partial charge in [0.15, 0.2) is 0 Å². The Morgan fingerprint density at radius 1 is 1.10 bits per heavy atom. The van der Waals surface area contributed by atoms with Crippen LogP contribution >= 0.6 is 11.6 Å². The lowest BCUT2D eigenvalue weighted by Crippen LogP contribution is -2.10. The predicted octanol–water partition coefficient (Wildman–Crippen LogP) is 3.52. The number of sulfone groups is 1. The number of rotatable bonds is 4. The lowest BCUT2D eigenvalue weighted by molar-refractivity contribution is -0.182. The topological polar surface area (TPSA) is 144 Å². The maximum absolute atomic E-state index is 11.5. The van der Waals surface area contributed by atoms with Crippen molar-refractivity contribution in [3.05, 3.63) is 76.4 Å². The summed E-state index contributed by atoms with van der Waals surface area (Å²) in [5.74, 6) is -2.02. The number of benzene rings is 2. The monoisotopic (exact) mass is 464 g/mol. The maximum Gasteiger partial charge on any atom is 0.372 e. The molecule has 9 nitrogen and oxygen atoms in total. The number of carboxylic acids is 1. The molecular formula is C20H17ClN2O7S. The molecule has 0 amide bonds. The van der Waals surface area contributed by atoms with Crippen LogP contribution in [0.3, 0.4) is 0 Å². The lowest BCUT2D eigenvalue weighted by atomic mass is 10.0. The van der Waals surface area contributed by atoms with E-state index in [1.165, 1.54) is 12.1 Å². The largest absolute Gasteiger partial charge is 0.478 e. The molecule has 0 radical (unpaired) electrons. The molecule has 2 N–H and O–H groups in total. The molecular weight excluding hydrogens is 448 g/mol. The van der Waals surface area contributed by atoms with Crippen LogP contribution in [0.5, 0.6) is 0 Å². The Morgan fingerprint density at radius 3 is 2.32 bits per heavy atom. The van der Waals surface area contributed by atoms with Gasteiger partial charge in [-0.2, -0.15) is 5.26 Å². The van der Waals surface area contributed by atoms with E-state index in [0.717, 1.165) is 18.0 Å². The molecule has 1 heterocycles. The Hall–Kier alpha value is -3.34. The molecule has 3 aromatic rings. The Kier molecular flexibility index (Phi) is 7.81. The molecule has 0 spiro atoms. The van der Waals surface area contributed by atoms with Gasteiger partial charge in [-0.1, -0.05) is 41.9 Å². The van der Waals surface area contributed by atoms with Crippen molar-refractivity contribution in [2.75, 3.05) is 6.26 Å². The van der Waals surface area contributed by atoms with E-state index in [2.05, 4.69) is 14.9 Å². The molecule has 0 aliphatic rings. The van der Waals surface area contributed by atoms with Crippen molar-refractivity contribution in [1.82, 2.24) is 9.97 Å². The van der Waals surface area contributed by atoms with Crippen LogP contribution < -0.4 is 0 Å². The number of carbonyl (C=O) groups is 2. The van der Waals surface area contributed by atoms with E-state index in [1.807, 2.05) is 0 Å². The molecule has 0 aliphatic carbocycles. The van der Waals surface area contributed by atoms with E-state index in [-0.39, 0.29) is 22.0 Å². The Labute approximate surface area is 182 Å². The second kappa shape index (κ2) is 10.1. The summed E-state index contributed by atoms with van der Waals surface area (Å²) in [6, 6.07) is 13.1. The summed E-state index contributed by atoms with van der Waals surface area (Å²) in [4.78, 5) is 32.9. The fourth-order valence-electron chi connectivity index (χ4n) is 2.41. The third kappa shape index (κ3) is 6.32. The first-order valence-electron chi connectivity index (χ1n) is 8.52. The van der Waals surface area contributed by atoms with E-state index in [1.54, 1.807) is 43.3 Å². The number of aryl methyl sites for hydroxylation is 1. The standard InChI is InChI=1S/C13H12N2O4S.C7H5ClO3/c1-8-5-3-4-6-9(8)11-10(12(16)17)7-14-13(15-11)20(2,18)19;8-6-3-1-2-5(4-6)7(9)11-10/h3-7H,1-2H3,(H,16,17);1-4,10H. The number of carbonyl (C=O) groups excluding carboxylic acids is 1. The zero-order valence-corrected chi connectivity index (χ0v) is 17.9. The fraction of sp³-hybridized carbons (Fsp3) is 0.100. The number of halogens is 1. The number of aromatic carboxylic acids is 1. The van der Waals surface area contributed by atoms with E-state index >= 15 is 0 Å². The first-order valence-corrected chi connectivity index (χ1v) is 10.8. The van der Waals surface area contributed by atoms with Crippen LogP contribution in [0, 0.1) is 6.92 Å². The minimum Gasteiger partial charge on any atom is -0.478 e. The van der Waals surface area contributed by atoms with Gasteiger partial charge in [0.05, 0.1) is 11.3 Å². The van der Waals surface area contributed by atoms with E-state index < -0.39 is 21.8 Å². The molecule has 3 rings (SSSR count). The van der Waals surface area contributed by atoms with Gasteiger partial charge >= 0.3 is 11.9 Å². The molecule has 0 fully saturated rings. The van der Waals surface area contributed by atoms with Gasteiger partial charge in [-0.15, -0.1) is 0 Å². The SMILES string of the molecule is Cc1ccccc1-c1nc(S(C)(=O)=O)ncc1C(=O)O.O=C(OO)c1cccc(Cl)c1. The minimum atomic E-state index is -3.60. The van der Waals surface area contributed by atoms with Crippen molar-refractivity contribution >= 4 is 33.4 Å². The van der Waals surface area contributed by atoms with Crippen LogP contribution in [0.4, 0.5) is 0 Å². The van der Waals surface area contributed by atoms with Crippen molar-refractivity contribution in [2.45, 2.75) is 12.1 Å². The van der Waals surface area contributed by atoms with Crippen LogP contribution in [0.15, 0.2) is 59.9 Å². The number of aromatic nitrogens is 2. The Morgan fingerprint density at radius 2 is 1.77 bits per heavy atom. The average molecular weight is 465 g/mol. The van der Waals surface area contributed by atoms with E-state index in [4.69, 9.17) is 16.9 Å². The summed E-state index contributed by atoms with van der Waals surface area (Å²) in [6.07, 6.45) is 2.00. The second-order valence-electron chi connectivity index (χ2n) is 6.20. The third-order valence-electron chi connectivity index (χ3n) is 3.87. The molecule has 162 valence electrons. The molecule has 2 aromatic carbocycles. The summed E-state index contributed by atoms with van der Waals surface area (Å²) >= 11 is 5.56. The van der Waals surface area contributed by atoms with Crippen LogP contribution in [-0.4, -0.2) is 46.9 Å². The zero-order chi connectivity index (χ0) is 23.2. The molecule has 0 unspecified atom stereocenters. The summed E-state index contributed by atoms with van der Waals surface area (Å²) < 4.78 is 23.0. The molecule has 0 bridgehead atoms. The van der Waals surface area contributed by atoms with Crippen LogP contribution in [0.1, 0.15) is 26.3 Å². The molecule has 0 atom stereocenters. The smallest absolute Gasteiger partial charge is 0.372 e. The number of hydrogen-bond donors (Lipinski definition) is 2. The minimum absolute atomic E-state index is 0.103. The van der Waals surface area contributed by atoms with E-state index in [0.29, 0.717) is 10.6 Å². The molecule has 0 saturated carbocycles. The lowest BCUT2D eigenvalue weighted by Gasteiger charge is -2.09. The van der Waals surface area contributed by atoms with Gasteiger partial charge in [-0.05, 0) is 30.7 Å². The highest BCUT2D eigenvalue weighted by molar-refractivity contribution is 7.90. The maximum atomic E-state index is 11.5. The van der Waals surface area contributed by atoms with Crippen LogP contribution in [-0.2, 0) is 14.7 Å². The number of carboxylic acid groups (broad SMARTS) is 1. The van der Waals surface area contributed by atoms with Crippen LogP contribution in [0.25, 0.3) is 11.3 Å². The first-order chi connectivity index (χ1) is 14.5. The molecule has 0 aliphatic heterocycles. The van der Waals surface area contributed by atoms with E-state index in [9.17, 15) is 23.1 Å². The quantitative estimate of drug-likeness (QED) is 0.336. The van der Waals surface area contributed by atoms with Gasteiger partial charge in [-0.3, -0.25) is 4.89 Å². The molecule has 11 heteroatoms. The first kappa shape index (κ1) is 23.9. The van der Waals surface area contributed by atoms with Crippen molar-refractivity contribution in [2.24, 2.45) is 0 Å². The fourth-order valence-corrected chi connectivity index (χ4v) is 3.10. The Balaban J connectivity index is 0.000000262.